The molecule has 0 aliphatic carbocycles. The predicted molar refractivity (Wildman–Crippen MR) is 109 cm³/mol. The van der Waals surface area contributed by atoms with E-state index in [4.69, 9.17) is 16.9 Å². The first-order chi connectivity index (χ1) is 14.1. The number of alkyl halides is 3. The van der Waals surface area contributed by atoms with Gasteiger partial charge < -0.3 is 10.2 Å². The van der Waals surface area contributed by atoms with Gasteiger partial charge in [0.05, 0.1) is 22.2 Å². The van der Waals surface area contributed by atoms with Gasteiger partial charge in [-0.25, -0.2) is 0 Å². The Balaban J connectivity index is 2.04. The summed E-state index contributed by atoms with van der Waals surface area (Å²) in [5, 5.41) is 12.6. The third-order valence-corrected chi connectivity index (χ3v) is 5.76. The summed E-state index contributed by atoms with van der Waals surface area (Å²) in [4.78, 5) is 14.0. The van der Waals surface area contributed by atoms with Gasteiger partial charge in [-0.15, -0.1) is 0 Å². The molecule has 1 fully saturated rings. The lowest BCUT2D eigenvalue weighted by molar-refractivity contribution is -0.137. The molecule has 2 aromatic rings. The molecule has 1 N–H and O–H groups in total. The zero-order chi connectivity index (χ0) is 22.1. The maximum atomic E-state index is 13.4. The summed E-state index contributed by atoms with van der Waals surface area (Å²) in [5.41, 5.74) is 1.33. The lowest BCUT2D eigenvalue weighted by Gasteiger charge is -2.28. The van der Waals surface area contributed by atoms with Crippen molar-refractivity contribution in [3.05, 3.63) is 63.7 Å². The molecule has 2 aromatic carbocycles. The Kier molecular flexibility index (Phi) is 6.27. The molecule has 3 rings (SSSR count). The highest BCUT2D eigenvalue weighted by molar-refractivity contribution is 6.32. The van der Waals surface area contributed by atoms with E-state index in [0.717, 1.165) is 12.1 Å². The van der Waals surface area contributed by atoms with Gasteiger partial charge in [0.1, 0.15) is 6.07 Å². The highest BCUT2D eigenvalue weighted by Crippen LogP contribution is 2.38. The van der Waals surface area contributed by atoms with Crippen molar-refractivity contribution in [2.24, 2.45) is 5.92 Å². The molecule has 1 saturated heterocycles. The first-order valence-electron chi connectivity index (χ1n) is 9.55. The third kappa shape index (κ3) is 4.54. The number of carbonyl (C=O) groups excluding carboxylic acids is 1. The maximum Gasteiger partial charge on any atom is 0.416 e. The molecule has 0 spiro atoms. The van der Waals surface area contributed by atoms with Gasteiger partial charge in [-0.2, -0.15) is 18.4 Å². The van der Waals surface area contributed by atoms with E-state index in [0.29, 0.717) is 35.5 Å². The van der Waals surface area contributed by atoms with Gasteiger partial charge in [-0.1, -0.05) is 17.7 Å². The zero-order valence-corrected chi connectivity index (χ0v) is 17.3. The van der Waals surface area contributed by atoms with Crippen molar-refractivity contribution in [3.63, 3.8) is 0 Å². The number of aryl methyl sites for hydroxylation is 1. The van der Waals surface area contributed by atoms with Gasteiger partial charge in [-0.05, 0) is 55.3 Å². The van der Waals surface area contributed by atoms with Crippen LogP contribution in [-0.4, -0.2) is 23.9 Å². The first kappa shape index (κ1) is 22.0. The molecular formula is C22H21ClF3N3O. The van der Waals surface area contributed by atoms with Crippen molar-refractivity contribution in [2.45, 2.75) is 32.5 Å². The minimum atomic E-state index is -4.47. The van der Waals surface area contributed by atoms with E-state index in [9.17, 15) is 18.0 Å². The van der Waals surface area contributed by atoms with E-state index in [1.807, 2.05) is 13.0 Å². The Labute approximate surface area is 178 Å². The molecule has 2 atom stereocenters. The predicted octanol–water partition coefficient (Wildman–Crippen LogP) is 5.56. The number of hydrogen-bond donors (Lipinski definition) is 1. The average molecular weight is 436 g/mol. The normalized spacial score (nSPS) is 17.7. The second-order valence-corrected chi connectivity index (χ2v) is 7.80. The molecule has 0 bridgehead atoms. The van der Waals surface area contributed by atoms with Crippen molar-refractivity contribution in [1.29, 1.82) is 5.26 Å². The molecule has 0 aromatic heterocycles. The molecule has 1 unspecified atom stereocenters. The highest BCUT2D eigenvalue weighted by Gasteiger charge is 2.37. The molecule has 30 heavy (non-hydrogen) atoms. The molecule has 1 amide bonds. The lowest BCUT2D eigenvalue weighted by Crippen LogP contribution is -2.27. The summed E-state index contributed by atoms with van der Waals surface area (Å²) in [6.07, 6.45) is -4.23. The van der Waals surface area contributed by atoms with E-state index in [1.54, 1.807) is 30.0 Å². The topological polar surface area (TPSA) is 56.1 Å². The molecule has 158 valence electrons. The Bertz CT molecular complexity index is 1000. The van der Waals surface area contributed by atoms with Crippen LogP contribution in [0.1, 0.15) is 41.6 Å². The van der Waals surface area contributed by atoms with Crippen molar-refractivity contribution >= 4 is 23.2 Å². The number of benzene rings is 2. The molecule has 8 heteroatoms. The Morgan fingerprint density at radius 2 is 2.03 bits per heavy atom. The number of likely N-dealkylation sites (tertiary alicyclic amines) is 1. The van der Waals surface area contributed by atoms with Crippen LogP contribution in [0, 0.1) is 24.2 Å². The Hall–Kier alpha value is -2.72. The van der Waals surface area contributed by atoms with Gasteiger partial charge in [-0.3, -0.25) is 4.79 Å². The summed E-state index contributed by atoms with van der Waals surface area (Å²) in [6, 6.07) is 9.90. The minimum absolute atomic E-state index is 0.0169. The van der Waals surface area contributed by atoms with E-state index < -0.39 is 17.8 Å². The number of nitriles is 1. The summed E-state index contributed by atoms with van der Waals surface area (Å²) < 4.78 is 40.1. The Morgan fingerprint density at radius 3 is 2.60 bits per heavy atom. The molecule has 1 aliphatic heterocycles. The van der Waals surface area contributed by atoms with Crippen molar-refractivity contribution < 1.29 is 18.0 Å². The summed E-state index contributed by atoms with van der Waals surface area (Å²) in [6.45, 7) is 4.63. The number of amides is 1. The summed E-state index contributed by atoms with van der Waals surface area (Å²) >= 11 is 6.13. The number of rotatable bonds is 5. The van der Waals surface area contributed by atoms with E-state index in [2.05, 4.69) is 5.32 Å². The third-order valence-electron chi connectivity index (χ3n) is 5.45. The highest BCUT2D eigenvalue weighted by atomic mass is 35.5. The van der Waals surface area contributed by atoms with Gasteiger partial charge in [0, 0.05) is 31.1 Å². The SMILES string of the molecule is CCN1C[C@@H](C(Nc2ccc(C#N)c(Cl)c2)c2cc(C(F)(F)F)ccc2C)CC1=O. The van der Waals surface area contributed by atoms with Gasteiger partial charge in [0.2, 0.25) is 5.91 Å². The van der Waals surface area contributed by atoms with Crippen molar-refractivity contribution in [1.82, 2.24) is 4.90 Å². The number of nitrogens with one attached hydrogen (secondary N) is 1. The van der Waals surface area contributed by atoms with Crippen LogP contribution in [-0.2, 0) is 11.0 Å². The van der Waals surface area contributed by atoms with Crippen LogP contribution >= 0.6 is 11.6 Å². The number of anilines is 1. The van der Waals surface area contributed by atoms with Crippen LogP contribution in [0.5, 0.6) is 0 Å². The Morgan fingerprint density at radius 1 is 1.30 bits per heavy atom. The molecular weight excluding hydrogens is 415 g/mol. The quantitative estimate of drug-likeness (QED) is 0.668. The monoisotopic (exact) mass is 435 g/mol. The van der Waals surface area contributed by atoms with Crippen molar-refractivity contribution in [2.75, 3.05) is 18.4 Å². The van der Waals surface area contributed by atoms with Gasteiger partial charge >= 0.3 is 6.18 Å². The summed E-state index contributed by atoms with van der Waals surface area (Å²) in [5.74, 6) is -0.231. The number of hydrogen-bond acceptors (Lipinski definition) is 3. The largest absolute Gasteiger partial charge is 0.416 e. The molecule has 4 nitrogen and oxygen atoms in total. The molecule has 1 heterocycles. The van der Waals surface area contributed by atoms with E-state index in [-0.39, 0.29) is 23.3 Å². The van der Waals surface area contributed by atoms with Gasteiger partial charge in [0.15, 0.2) is 0 Å². The molecule has 0 radical (unpaired) electrons. The number of halogens is 4. The zero-order valence-electron chi connectivity index (χ0n) is 16.6. The lowest BCUT2D eigenvalue weighted by atomic mass is 9.88. The van der Waals surface area contributed by atoms with Crippen LogP contribution < -0.4 is 5.32 Å². The van der Waals surface area contributed by atoms with Crippen molar-refractivity contribution in [3.8, 4) is 6.07 Å². The number of nitrogens with zero attached hydrogens (tertiary/aromatic N) is 2. The first-order valence-corrected chi connectivity index (χ1v) is 9.93. The van der Waals surface area contributed by atoms with Gasteiger partial charge in [0.25, 0.3) is 0 Å². The van der Waals surface area contributed by atoms with Crippen LogP contribution in [0.2, 0.25) is 5.02 Å². The minimum Gasteiger partial charge on any atom is -0.378 e. The second-order valence-electron chi connectivity index (χ2n) is 7.39. The van der Waals surface area contributed by atoms with E-state index >= 15 is 0 Å². The average Bonchev–Trinajstić information content (AvgIpc) is 3.06. The standard InChI is InChI=1S/C22H21ClF3N3O/c1-3-29-12-15(8-20(29)30)21(28-17-7-5-14(11-27)19(23)10-17)18-9-16(22(24,25)26)6-4-13(18)2/h4-7,9-10,15,21,28H,3,8,12H2,1-2H3/t15-,21?/m0/s1. The smallest absolute Gasteiger partial charge is 0.378 e. The van der Waals surface area contributed by atoms with Crippen LogP contribution in [0.3, 0.4) is 0 Å². The number of carbonyl (C=O) groups is 1. The van der Waals surface area contributed by atoms with Crippen LogP contribution in [0.4, 0.5) is 18.9 Å². The maximum absolute atomic E-state index is 13.4. The summed E-state index contributed by atoms with van der Waals surface area (Å²) in [7, 11) is 0. The van der Waals surface area contributed by atoms with Crippen LogP contribution in [0.15, 0.2) is 36.4 Å². The van der Waals surface area contributed by atoms with E-state index in [1.165, 1.54) is 6.07 Å². The fourth-order valence-electron chi connectivity index (χ4n) is 3.81. The fourth-order valence-corrected chi connectivity index (χ4v) is 4.03. The molecule has 1 aliphatic rings. The fraction of sp³-hybridized carbons (Fsp3) is 0.364. The molecule has 0 saturated carbocycles. The van der Waals surface area contributed by atoms with Crippen LogP contribution in [0.25, 0.3) is 0 Å². The second kappa shape index (κ2) is 8.57.